The summed E-state index contributed by atoms with van der Waals surface area (Å²) in [6, 6.07) is 6.11. The molecule has 0 bridgehead atoms. The van der Waals surface area contributed by atoms with E-state index in [9.17, 15) is 9.59 Å². The quantitative estimate of drug-likeness (QED) is 0.690. The van der Waals surface area contributed by atoms with Crippen molar-refractivity contribution < 1.29 is 19.8 Å². The highest BCUT2D eigenvalue weighted by Crippen LogP contribution is 2.15. The zero-order chi connectivity index (χ0) is 14.4. The lowest BCUT2D eigenvalue weighted by atomic mass is 9.92. The Kier molecular flexibility index (Phi) is 5.26. The molecule has 2 atom stereocenters. The topological polar surface area (TPSA) is 101 Å². The van der Waals surface area contributed by atoms with Crippen molar-refractivity contribution >= 4 is 18.0 Å². The first-order valence-electron chi connectivity index (χ1n) is 5.86. The number of carboxylic acid groups (broad SMARTS) is 2. The highest BCUT2D eigenvalue weighted by molar-refractivity contribution is 5.76. The van der Waals surface area contributed by atoms with Gasteiger partial charge in [0.05, 0.1) is 5.92 Å². The van der Waals surface area contributed by atoms with E-state index in [1.165, 1.54) is 0 Å². The minimum atomic E-state index is -1.19. The van der Waals surface area contributed by atoms with E-state index >= 15 is 0 Å². The maximum atomic E-state index is 11.1. The molecule has 0 aliphatic carbocycles. The lowest BCUT2D eigenvalue weighted by molar-refractivity contribution is -0.143. The zero-order valence-corrected chi connectivity index (χ0v) is 10.5. The van der Waals surface area contributed by atoms with Crippen molar-refractivity contribution in [2.75, 3.05) is 0 Å². The molecule has 19 heavy (non-hydrogen) atoms. The monoisotopic (exact) mass is 263 g/mol. The van der Waals surface area contributed by atoms with E-state index in [4.69, 9.17) is 15.9 Å². The van der Waals surface area contributed by atoms with Crippen molar-refractivity contribution in [1.82, 2.24) is 0 Å². The number of hydrogen-bond donors (Lipinski definition) is 3. The molecule has 0 saturated carbocycles. The summed E-state index contributed by atoms with van der Waals surface area (Å²) in [5.74, 6) is -3.03. The van der Waals surface area contributed by atoms with Crippen molar-refractivity contribution in [3.8, 4) is 0 Å². The third kappa shape index (κ3) is 4.56. The number of carboxylic acids is 2. The van der Waals surface area contributed by atoms with Crippen LogP contribution in [-0.4, -0.2) is 28.2 Å². The molecule has 1 unspecified atom stereocenters. The van der Waals surface area contributed by atoms with E-state index in [2.05, 4.69) is 6.58 Å². The zero-order valence-electron chi connectivity index (χ0n) is 10.5. The van der Waals surface area contributed by atoms with Crippen LogP contribution in [0.25, 0.3) is 6.08 Å². The van der Waals surface area contributed by atoms with Crippen LogP contribution in [0.4, 0.5) is 0 Å². The Bertz CT molecular complexity index is 467. The van der Waals surface area contributed by atoms with Crippen LogP contribution in [0.2, 0.25) is 0 Å². The second kappa shape index (κ2) is 6.70. The second-order valence-corrected chi connectivity index (χ2v) is 4.37. The van der Waals surface area contributed by atoms with Crippen molar-refractivity contribution in [3.63, 3.8) is 0 Å². The van der Waals surface area contributed by atoms with Gasteiger partial charge in [-0.1, -0.05) is 36.9 Å². The fraction of sp³-hybridized carbons (Fsp3) is 0.286. The van der Waals surface area contributed by atoms with Crippen molar-refractivity contribution in [2.24, 2.45) is 11.7 Å². The average molecular weight is 263 g/mol. The van der Waals surface area contributed by atoms with Gasteiger partial charge < -0.3 is 15.9 Å². The van der Waals surface area contributed by atoms with Gasteiger partial charge in [0.15, 0.2) is 0 Å². The number of carbonyl (C=O) groups is 2. The van der Waals surface area contributed by atoms with Gasteiger partial charge in [-0.2, -0.15) is 0 Å². The predicted molar refractivity (Wildman–Crippen MR) is 71.6 cm³/mol. The smallest absolute Gasteiger partial charge is 0.320 e. The molecule has 1 rings (SSSR count). The van der Waals surface area contributed by atoms with Crippen LogP contribution in [0, 0.1) is 5.92 Å². The summed E-state index contributed by atoms with van der Waals surface area (Å²) in [7, 11) is 0. The third-order valence-electron chi connectivity index (χ3n) is 2.90. The van der Waals surface area contributed by atoms with E-state index in [0.29, 0.717) is 0 Å². The number of benzene rings is 1. The molecule has 0 amide bonds. The summed E-state index contributed by atoms with van der Waals surface area (Å²) < 4.78 is 0. The van der Waals surface area contributed by atoms with Crippen LogP contribution < -0.4 is 5.73 Å². The van der Waals surface area contributed by atoms with Crippen LogP contribution in [-0.2, 0) is 16.0 Å². The van der Waals surface area contributed by atoms with Crippen LogP contribution in [0.3, 0.4) is 0 Å². The van der Waals surface area contributed by atoms with Crippen LogP contribution in [0.15, 0.2) is 30.8 Å². The number of aliphatic carboxylic acids is 2. The molecule has 0 spiro atoms. The Hall–Kier alpha value is -2.14. The normalized spacial score (nSPS) is 13.5. The van der Waals surface area contributed by atoms with Crippen molar-refractivity contribution in [2.45, 2.75) is 18.9 Å². The maximum Gasteiger partial charge on any atom is 0.320 e. The second-order valence-electron chi connectivity index (χ2n) is 4.37. The third-order valence-corrected chi connectivity index (χ3v) is 2.90. The maximum absolute atomic E-state index is 11.1. The molecule has 5 nitrogen and oxygen atoms in total. The van der Waals surface area contributed by atoms with Gasteiger partial charge in [-0.25, -0.2) is 0 Å². The van der Waals surface area contributed by atoms with Gasteiger partial charge >= 0.3 is 11.9 Å². The Morgan fingerprint density at radius 1 is 1.21 bits per heavy atom. The summed E-state index contributed by atoms with van der Waals surface area (Å²) in [6.07, 6.45) is 1.86. The van der Waals surface area contributed by atoms with Gasteiger partial charge in [0, 0.05) is 0 Å². The van der Waals surface area contributed by atoms with Gasteiger partial charge in [-0.15, -0.1) is 0 Å². The Morgan fingerprint density at radius 3 is 2.21 bits per heavy atom. The molecular formula is C14H17NO4. The minimum Gasteiger partial charge on any atom is -0.481 e. The summed E-state index contributed by atoms with van der Waals surface area (Å²) in [4.78, 5) is 21.8. The van der Waals surface area contributed by atoms with Crippen LogP contribution in [0.1, 0.15) is 17.5 Å². The highest BCUT2D eigenvalue weighted by Gasteiger charge is 2.24. The lowest BCUT2D eigenvalue weighted by Gasteiger charge is -2.15. The number of nitrogens with two attached hydrogens (primary N) is 1. The molecule has 4 N–H and O–H groups in total. The Labute approximate surface area is 111 Å². The Balaban J connectivity index is 2.74. The van der Waals surface area contributed by atoms with Crippen molar-refractivity contribution in [1.29, 1.82) is 0 Å². The first-order valence-corrected chi connectivity index (χ1v) is 5.86. The van der Waals surface area contributed by atoms with Crippen LogP contribution in [0.5, 0.6) is 0 Å². The fourth-order valence-corrected chi connectivity index (χ4v) is 1.75. The van der Waals surface area contributed by atoms with Gasteiger partial charge in [-0.3, -0.25) is 9.59 Å². The number of rotatable bonds is 7. The summed E-state index contributed by atoms with van der Waals surface area (Å²) in [5.41, 5.74) is 7.15. The van der Waals surface area contributed by atoms with Gasteiger partial charge in [0.2, 0.25) is 0 Å². The van der Waals surface area contributed by atoms with Crippen molar-refractivity contribution in [3.05, 3.63) is 42.0 Å². The van der Waals surface area contributed by atoms with E-state index in [1.54, 1.807) is 18.2 Å². The molecule has 0 aliphatic heterocycles. The lowest BCUT2D eigenvalue weighted by Crippen LogP contribution is -2.35. The predicted octanol–water partition coefficient (Wildman–Crippen LogP) is 1.37. The first kappa shape index (κ1) is 14.9. The summed E-state index contributed by atoms with van der Waals surface area (Å²) in [5, 5.41) is 17.8. The van der Waals surface area contributed by atoms with Gasteiger partial charge in [0.25, 0.3) is 0 Å². The first-order chi connectivity index (χ1) is 8.93. The van der Waals surface area contributed by atoms with E-state index in [-0.39, 0.29) is 12.8 Å². The average Bonchev–Trinajstić information content (AvgIpc) is 2.38. The SMILES string of the molecule is C=Cc1ccc(CC(C[C@@H](N)C(=O)O)C(=O)O)cc1. The molecule has 102 valence electrons. The molecule has 1 aromatic rings. The highest BCUT2D eigenvalue weighted by atomic mass is 16.4. The molecular weight excluding hydrogens is 246 g/mol. The summed E-state index contributed by atoms with van der Waals surface area (Å²) in [6.45, 7) is 3.63. The van der Waals surface area contributed by atoms with Gasteiger partial charge in [-0.05, 0) is 24.0 Å². The van der Waals surface area contributed by atoms with Gasteiger partial charge in [0.1, 0.15) is 6.04 Å². The molecule has 0 radical (unpaired) electrons. The molecule has 0 heterocycles. The Morgan fingerprint density at radius 2 is 1.79 bits per heavy atom. The molecule has 0 fully saturated rings. The minimum absolute atomic E-state index is 0.0894. The van der Waals surface area contributed by atoms with E-state index in [1.807, 2.05) is 12.1 Å². The fourth-order valence-electron chi connectivity index (χ4n) is 1.75. The standard InChI is InChI=1S/C14H17NO4/c1-2-9-3-5-10(6-4-9)7-11(13(16)17)8-12(15)14(18)19/h2-6,11-12H,1,7-8,15H2,(H,16,17)(H,18,19)/t11?,12-/m1/s1. The van der Waals surface area contributed by atoms with Crippen LogP contribution >= 0.6 is 0 Å². The molecule has 0 saturated heterocycles. The number of hydrogen-bond acceptors (Lipinski definition) is 3. The molecule has 1 aromatic carbocycles. The molecule has 5 heteroatoms. The molecule has 0 aromatic heterocycles. The van der Waals surface area contributed by atoms with E-state index in [0.717, 1.165) is 11.1 Å². The molecule has 0 aliphatic rings. The largest absolute Gasteiger partial charge is 0.481 e. The summed E-state index contributed by atoms with van der Waals surface area (Å²) >= 11 is 0. The van der Waals surface area contributed by atoms with E-state index < -0.39 is 23.9 Å².